The number of methoxy groups -OCH3 is 1. The average Bonchev–Trinajstić information content (AvgIpc) is 2.94. The van der Waals surface area contributed by atoms with Gasteiger partial charge in [-0.2, -0.15) is 0 Å². The Morgan fingerprint density at radius 2 is 2.12 bits per heavy atom. The molecule has 0 unspecified atom stereocenters. The van der Waals surface area contributed by atoms with Crippen molar-refractivity contribution in [3.63, 3.8) is 0 Å². The number of nitrogens with zero attached hydrogens (tertiary/aromatic N) is 1. The lowest BCUT2D eigenvalue weighted by atomic mass is 10.1. The van der Waals surface area contributed by atoms with Gasteiger partial charge < -0.3 is 10.1 Å². The molecule has 2 aromatic rings. The molecule has 0 aliphatic carbocycles. The monoisotopic (exact) mass is 374 g/mol. The first-order valence-electron chi connectivity index (χ1n) is 7.81. The Hall–Kier alpha value is -3.00. The molecule has 0 bridgehead atoms. The maximum absolute atomic E-state index is 12.2. The molecule has 1 aromatic heterocycles. The molecule has 0 aliphatic heterocycles. The molecule has 8 heteroatoms. The van der Waals surface area contributed by atoms with Crippen molar-refractivity contribution in [3.05, 3.63) is 62.0 Å². The van der Waals surface area contributed by atoms with Crippen molar-refractivity contribution in [3.8, 4) is 0 Å². The second-order valence-electron chi connectivity index (χ2n) is 5.36. The minimum absolute atomic E-state index is 0.0537. The quantitative estimate of drug-likeness (QED) is 0.357. The van der Waals surface area contributed by atoms with E-state index in [2.05, 4.69) is 5.32 Å². The highest BCUT2D eigenvalue weighted by molar-refractivity contribution is 7.16. The molecule has 0 radical (unpaired) electrons. The van der Waals surface area contributed by atoms with Crippen LogP contribution < -0.4 is 5.32 Å². The molecule has 0 saturated carbocycles. The van der Waals surface area contributed by atoms with Crippen LogP contribution in [0.3, 0.4) is 0 Å². The molecule has 1 heterocycles. The Morgan fingerprint density at radius 3 is 2.73 bits per heavy atom. The molecular formula is C18H18N2O5S. The number of ether oxygens (including phenoxy) is 1. The molecule has 1 N–H and O–H groups in total. The van der Waals surface area contributed by atoms with E-state index in [-0.39, 0.29) is 5.69 Å². The van der Waals surface area contributed by atoms with Crippen molar-refractivity contribution in [1.29, 1.82) is 0 Å². The van der Waals surface area contributed by atoms with E-state index in [9.17, 15) is 19.7 Å². The molecular weight excluding hydrogens is 356 g/mol. The fourth-order valence-corrected chi connectivity index (χ4v) is 3.61. The van der Waals surface area contributed by atoms with Gasteiger partial charge in [0, 0.05) is 23.1 Å². The van der Waals surface area contributed by atoms with Gasteiger partial charge in [0.25, 0.3) is 5.69 Å². The van der Waals surface area contributed by atoms with Crippen LogP contribution in [0.5, 0.6) is 0 Å². The van der Waals surface area contributed by atoms with Gasteiger partial charge >= 0.3 is 5.97 Å². The number of hydrogen-bond donors (Lipinski definition) is 1. The SMILES string of the molecule is CCc1c(C)sc(NC(=O)/C=C/c2cccc([N+](=O)[O-])c2)c1C(=O)OC. The molecule has 0 aliphatic rings. The van der Waals surface area contributed by atoms with E-state index in [0.29, 0.717) is 22.5 Å². The number of rotatable bonds is 6. The van der Waals surface area contributed by atoms with Crippen LogP contribution in [0, 0.1) is 17.0 Å². The highest BCUT2D eigenvalue weighted by atomic mass is 32.1. The number of nitrogens with one attached hydrogen (secondary N) is 1. The van der Waals surface area contributed by atoms with Crippen LogP contribution in [0.15, 0.2) is 30.3 Å². The molecule has 1 amide bonds. The van der Waals surface area contributed by atoms with Gasteiger partial charge in [0.1, 0.15) is 5.00 Å². The number of nitro benzene ring substituents is 1. The van der Waals surface area contributed by atoms with Crippen molar-refractivity contribution in [2.45, 2.75) is 20.3 Å². The predicted molar refractivity (Wildman–Crippen MR) is 101 cm³/mol. The molecule has 0 atom stereocenters. The van der Waals surface area contributed by atoms with Crippen LogP contribution >= 0.6 is 11.3 Å². The number of hydrogen-bond acceptors (Lipinski definition) is 6. The van der Waals surface area contributed by atoms with E-state index >= 15 is 0 Å². The van der Waals surface area contributed by atoms with E-state index in [1.807, 2.05) is 13.8 Å². The fourth-order valence-electron chi connectivity index (χ4n) is 2.48. The largest absolute Gasteiger partial charge is 0.465 e. The highest BCUT2D eigenvalue weighted by Crippen LogP contribution is 2.34. The van der Waals surface area contributed by atoms with Gasteiger partial charge in [0.05, 0.1) is 17.6 Å². The Morgan fingerprint density at radius 1 is 1.38 bits per heavy atom. The summed E-state index contributed by atoms with van der Waals surface area (Å²) in [6.07, 6.45) is 3.38. The van der Waals surface area contributed by atoms with Gasteiger partial charge in [-0.3, -0.25) is 14.9 Å². The Bertz CT molecular complexity index is 886. The van der Waals surface area contributed by atoms with E-state index in [4.69, 9.17) is 4.74 Å². The molecule has 2 rings (SSSR count). The first-order chi connectivity index (χ1) is 12.4. The zero-order chi connectivity index (χ0) is 19.3. The van der Waals surface area contributed by atoms with Crippen LogP contribution in [0.25, 0.3) is 6.08 Å². The summed E-state index contributed by atoms with van der Waals surface area (Å²) in [7, 11) is 1.29. The first kappa shape index (κ1) is 19.3. The second kappa shape index (κ2) is 8.39. The summed E-state index contributed by atoms with van der Waals surface area (Å²) in [5.74, 6) is -0.935. The van der Waals surface area contributed by atoms with Crippen LogP contribution in [0.2, 0.25) is 0 Å². The lowest BCUT2D eigenvalue weighted by Gasteiger charge is -2.05. The van der Waals surface area contributed by atoms with Crippen LogP contribution in [-0.4, -0.2) is 23.9 Å². The van der Waals surface area contributed by atoms with Gasteiger partial charge in [0.15, 0.2) is 0 Å². The third-order valence-electron chi connectivity index (χ3n) is 3.70. The standard InChI is InChI=1S/C18H18N2O5S/c1-4-14-11(2)26-17(16(14)18(22)25-3)19-15(21)9-8-12-6-5-7-13(10-12)20(23)24/h5-10H,4H2,1-3H3,(H,19,21)/b9-8+. The number of non-ortho nitro benzene ring substituents is 1. The van der Waals surface area contributed by atoms with Crippen molar-refractivity contribution in [2.24, 2.45) is 0 Å². The topological polar surface area (TPSA) is 98.5 Å². The van der Waals surface area contributed by atoms with Gasteiger partial charge in [-0.05, 0) is 30.5 Å². The number of thiophene rings is 1. The van der Waals surface area contributed by atoms with Gasteiger partial charge in [-0.1, -0.05) is 19.1 Å². The van der Waals surface area contributed by atoms with E-state index in [1.165, 1.54) is 42.7 Å². The predicted octanol–water partition coefficient (Wildman–Crippen LogP) is 3.97. The summed E-state index contributed by atoms with van der Waals surface area (Å²) >= 11 is 1.31. The van der Waals surface area contributed by atoms with Crippen molar-refractivity contribution in [1.82, 2.24) is 0 Å². The van der Waals surface area contributed by atoms with E-state index in [1.54, 1.807) is 12.1 Å². The van der Waals surface area contributed by atoms with E-state index < -0.39 is 16.8 Å². The summed E-state index contributed by atoms with van der Waals surface area (Å²) < 4.78 is 4.81. The zero-order valence-electron chi connectivity index (χ0n) is 14.6. The number of carbonyl (C=O) groups excluding carboxylic acids is 2. The smallest absolute Gasteiger partial charge is 0.341 e. The number of nitro groups is 1. The summed E-state index contributed by atoms with van der Waals surface area (Å²) in [6.45, 7) is 3.81. The summed E-state index contributed by atoms with van der Waals surface area (Å²) in [5.41, 5.74) is 1.69. The number of esters is 1. The zero-order valence-corrected chi connectivity index (χ0v) is 15.4. The lowest BCUT2D eigenvalue weighted by Crippen LogP contribution is -2.12. The fraction of sp³-hybridized carbons (Fsp3) is 0.222. The minimum Gasteiger partial charge on any atom is -0.465 e. The Balaban J connectivity index is 2.21. The van der Waals surface area contributed by atoms with Gasteiger partial charge in [0.2, 0.25) is 5.91 Å². The molecule has 26 heavy (non-hydrogen) atoms. The second-order valence-corrected chi connectivity index (χ2v) is 6.59. The summed E-state index contributed by atoms with van der Waals surface area (Å²) in [4.78, 5) is 35.5. The maximum atomic E-state index is 12.2. The molecule has 7 nitrogen and oxygen atoms in total. The van der Waals surface area contributed by atoms with Crippen molar-refractivity contribution in [2.75, 3.05) is 12.4 Å². The number of anilines is 1. The Kier molecular flexibility index (Phi) is 6.24. The summed E-state index contributed by atoms with van der Waals surface area (Å²) in [5, 5.41) is 13.9. The third-order valence-corrected chi connectivity index (χ3v) is 4.76. The normalized spacial score (nSPS) is 10.7. The lowest BCUT2D eigenvalue weighted by molar-refractivity contribution is -0.384. The van der Waals surface area contributed by atoms with Crippen molar-refractivity contribution < 1.29 is 19.2 Å². The van der Waals surface area contributed by atoms with E-state index in [0.717, 1.165) is 10.4 Å². The molecule has 0 saturated heterocycles. The number of amides is 1. The Labute approximate surface area is 154 Å². The van der Waals surface area contributed by atoms with Crippen LogP contribution in [-0.2, 0) is 16.0 Å². The number of benzene rings is 1. The van der Waals surface area contributed by atoms with Gasteiger partial charge in [-0.25, -0.2) is 4.79 Å². The number of aryl methyl sites for hydroxylation is 1. The van der Waals surface area contributed by atoms with Crippen LogP contribution in [0.4, 0.5) is 10.7 Å². The highest BCUT2D eigenvalue weighted by Gasteiger charge is 2.22. The maximum Gasteiger partial charge on any atom is 0.341 e. The average molecular weight is 374 g/mol. The van der Waals surface area contributed by atoms with Crippen molar-refractivity contribution >= 4 is 40.0 Å². The first-order valence-corrected chi connectivity index (χ1v) is 8.63. The van der Waals surface area contributed by atoms with Crippen LogP contribution in [0.1, 0.15) is 33.3 Å². The molecule has 136 valence electrons. The molecule has 1 aromatic carbocycles. The van der Waals surface area contributed by atoms with Gasteiger partial charge in [-0.15, -0.1) is 11.3 Å². The number of carbonyl (C=O) groups is 2. The molecule has 0 spiro atoms. The summed E-state index contributed by atoms with van der Waals surface area (Å²) in [6, 6.07) is 5.94. The minimum atomic E-state index is -0.499. The third kappa shape index (κ3) is 4.34. The molecule has 0 fully saturated rings.